The summed E-state index contributed by atoms with van der Waals surface area (Å²) in [6.07, 6.45) is 0. The molecule has 0 atom stereocenters. The third-order valence-electron chi connectivity index (χ3n) is 3.03. The van der Waals surface area contributed by atoms with E-state index < -0.39 is 16.0 Å². The number of rotatable bonds is 7. The van der Waals surface area contributed by atoms with Crippen LogP contribution in [0.15, 0.2) is 0 Å². The van der Waals surface area contributed by atoms with Crippen LogP contribution >= 0.6 is 0 Å². The molecule has 0 aliphatic carbocycles. The van der Waals surface area contributed by atoms with Gasteiger partial charge in [-0.2, -0.15) is 0 Å². The fourth-order valence-corrected chi connectivity index (χ4v) is 2.95. The van der Waals surface area contributed by atoms with E-state index in [1.54, 1.807) is 16.7 Å². The standard InChI is InChI=1S/C11H22N4O5S/c1-2-13-21(19,20)8-3-12-11(18)15-6-4-14(5-7-15)9-10(16)17/h13H,2-9H2,1H3,(H,12,18)(H,16,17). The summed E-state index contributed by atoms with van der Waals surface area (Å²) < 4.78 is 25.1. The first-order chi connectivity index (χ1) is 9.84. The molecule has 0 aromatic rings. The largest absolute Gasteiger partial charge is 0.480 e. The number of carboxylic acids is 1. The van der Waals surface area contributed by atoms with Gasteiger partial charge in [0.2, 0.25) is 10.0 Å². The lowest BCUT2D eigenvalue weighted by molar-refractivity contribution is -0.138. The van der Waals surface area contributed by atoms with Gasteiger partial charge >= 0.3 is 12.0 Å². The molecule has 1 aliphatic rings. The van der Waals surface area contributed by atoms with Gasteiger partial charge in [0.25, 0.3) is 0 Å². The predicted octanol–water partition coefficient (Wildman–Crippen LogP) is -1.66. The average Bonchev–Trinajstić information content (AvgIpc) is 2.38. The normalized spacial score (nSPS) is 16.7. The zero-order chi connectivity index (χ0) is 15.9. The number of carboxylic acid groups (broad SMARTS) is 1. The Balaban J connectivity index is 2.27. The van der Waals surface area contributed by atoms with Crippen molar-refractivity contribution in [2.24, 2.45) is 0 Å². The molecule has 0 aromatic heterocycles. The first-order valence-electron chi connectivity index (χ1n) is 6.78. The number of hydrogen-bond donors (Lipinski definition) is 3. The van der Waals surface area contributed by atoms with Crippen LogP contribution in [-0.2, 0) is 14.8 Å². The van der Waals surface area contributed by atoms with Crippen LogP contribution in [0.1, 0.15) is 6.92 Å². The Hall–Kier alpha value is -1.39. The molecule has 0 spiro atoms. The van der Waals surface area contributed by atoms with E-state index in [0.29, 0.717) is 32.7 Å². The maximum absolute atomic E-state index is 11.8. The Kier molecular flexibility index (Phi) is 6.85. The Morgan fingerprint density at radius 2 is 1.81 bits per heavy atom. The highest BCUT2D eigenvalue weighted by Crippen LogP contribution is 2.01. The average molecular weight is 322 g/mol. The molecule has 0 saturated carbocycles. The third-order valence-corrected chi connectivity index (χ3v) is 4.50. The van der Waals surface area contributed by atoms with Crippen LogP contribution in [0.5, 0.6) is 0 Å². The maximum Gasteiger partial charge on any atom is 0.317 e. The smallest absolute Gasteiger partial charge is 0.317 e. The summed E-state index contributed by atoms with van der Waals surface area (Å²) in [5.74, 6) is -1.05. The molecule has 122 valence electrons. The quantitative estimate of drug-likeness (QED) is 0.516. The lowest BCUT2D eigenvalue weighted by Crippen LogP contribution is -2.53. The second-order valence-corrected chi connectivity index (χ2v) is 6.63. The zero-order valence-corrected chi connectivity index (χ0v) is 12.9. The molecule has 10 heteroatoms. The first-order valence-corrected chi connectivity index (χ1v) is 8.43. The number of aliphatic carboxylic acids is 1. The van der Waals surface area contributed by atoms with E-state index >= 15 is 0 Å². The van der Waals surface area contributed by atoms with Gasteiger partial charge in [0.1, 0.15) is 0 Å². The van der Waals surface area contributed by atoms with Crippen molar-refractivity contribution in [2.75, 3.05) is 51.6 Å². The maximum atomic E-state index is 11.8. The van der Waals surface area contributed by atoms with E-state index in [4.69, 9.17) is 5.11 Å². The van der Waals surface area contributed by atoms with Crippen LogP contribution in [0.4, 0.5) is 4.79 Å². The SMILES string of the molecule is CCNS(=O)(=O)CCNC(=O)N1CCN(CC(=O)O)CC1. The van der Waals surface area contributed by atoms with Gasteiger partial charge in [0.15, 0.2) is 0 Å². The van der Waals surface area contributed by atoms with Gasteiger partial charge < -0.3 is 15.3 Å². The van der Waals surface area contributed by atoms with Gasteiger partial charge in [0.05, 0.1) is 12.3 Å². The van der Waals surface area contributed by atoms with E-state index in [1.807, 2.05) is 0 Å². The van der Waals surface area contributed by atoms with E-state index in [0.717, 1.165) is 0 Å². The van der Waals surface area contributed by atoms with Crippen molar-refractivity contribution in [1.82, 2.24) is 19.8 Å². The van der Waals surface area contributed by atoms with Gasteiger partial charge in [-0.1, -0.05) is 6.92 Å². The molecule has 21 heavy (non-hydrogen) atoms. The highest BCUT2D eigenvalue weighted by Gasteiger charge is 2.22. The topological polar surface area (TPSA) is 119 Å². The molecular weight excluding hydrogens is 300 g/mol. The van der Waals surface area contributed by atoms with Crippen molar-refractivity contribution < 1.29 is 23.1 Å². The summed E-state index contributed by atoms with van der Waals surface area (Å²) in [4.78, 5) is 25.7. The van der Waals surface area contributed by atoms with Crippen LogP contribution in [0, 0.1) is 0 Å². The van der Waals surface area contributed by atoms with Gasteiger partial charge in [-0.05, 0) is 0 Å². The Bertz CT molecular complexity index is 459. The van der Waals surface area contributed by atoms with Crippen molar-refractivity contribution in [1.29, 1.82) is 0 Å². The number of nitrogens with zero attached hydrogens (tertiary/aromatic N) is 2. The molecule has 9 nitrogen and oxygen atoms in total. The summed E-state index contributed by atoms with van der Waals surface area (Å²) in [7, 11) is -3.34. The molecule has 3 N–H and O–H groups in total. The molecule has 1 aliphatic heterocycles. The number of carbonyl (C=O) groups is 2. The monoisotopic (exact) mass is 322 g/mol. The highest BCUT2D eigenvalue weighted by molar-refractivity contribution is 7.89. The van der Waals surface area contributed by atoms with Crippen LogP contribution < -0.4 is 10.0 Å². The number of nitrogens with one attached hydrogen (secondary N) is 2. The summed E-state index contributed by atoms with van der Waals surface area (Å²) >= 11 is 0. The number of carbonyl (C=O) groups excluding carboxylic acids is 1. The van der Waals surface area contributed by atoms with Crippen molar-refractivity contribution in [2.45, 2.75) is 6.92 Å². The highest BCUT2D eigenvalue weighted by atomic mass is 32.2. The van der Waals surface area contributed by atoms with E-state index in [1.165, 1.54) is 0 Å². The molecule has 0 radical (unpaired) electrons. The van der Waals surface area contributed by atoms with E-state index in [-0.39, 0.29) is 24.9 Å². The van der Waals surface area contributed by atoms with Crippen molar-refractivity contribution in [3.63, 3.8) is 0 Å². The number of urea groups is 1. The fourth-order valence-electron chi connectivity index (χ4n) is 2.00. The Morgan fingerprint density at radius 3 is 2.33 bits per heavy atom. The summed E-state index contributed by atoms with van der Waals surface area (Å²) in [5.41, 5.74) is 0. The molecule has 1 rings (SSSR count). The minimum atomic E-state index is -3.34. The molecule has 2 amide bonds. The minimum absolute atomic E-state index is 0.0314. The number of hydrogen-bond acceptors (Lipinski definition) is 5. The van der Waals surface area contributed by atoms with E-state index in [2.05, 4.69) is 10.0 Å². The second kappa shape index (κ2) is 8.15. The van der Waals surface area contributed by atoms with Gasteiger partial charge in [0, 0.05) is 39.3 Å². The summed E-state index contributed by atoms with van der Waals surface area (Å²) in [5, 5.41) is 11.2. The second-order valence-electron chi connectivity index (χ2n) is 4.71. The van der Waals surface area contributed by atoms with Gasteiger partial charge in [-0.15, -0.1) is 0 Å². The van der Waals surface area contributed by atoms with Crippen LogP contribution in [-0.4, -0.2) is 86.9 Å². The van der Waals surface area contributed by atoms with Gasteiger partial charge in [-0.3, -0.25) is 9.69 Å². The van der Waals surface area contributed by atoms with Crippen molar-refractivity contribution in [3.05, 3.63) is 0 Å². The van der Waals surface area contributed by atoms with E-state index in [9.17, 15) is 18.0 Å². The summed E-state index contributed by atoms with van der Waals surface area (Å²) in [6.45, 7) is 3.87. The molecule has 0 aromatic carbocycles. The molecule has 1 heterocycles. The van der Waals surface area contributed by atoms with Gasteiger partial charge in [-0.25, -0.2) is 17.9 Å². The Morgan fingerprint density at radius 1 is 1.19 bits per heavy atom. The molecule has 0 bridgehead atoms. The third kappa shape index (κ3) is 6.74. The van der Waals surface area contributed by atoms with Crippen LogP contribution in [0.25, 0.3) is 0 Å². The summed E-state index contributed by atoms with van der Waals surface area (Å²) in [6, 6.07) is -0.323. The minimum Gasteiger partial charge on any atom is -0.480 e. The van der Waals surface area contributed by atoms with Crippen LogP contribution in [0.3, 0.4) is 0 Å². The molecule has 0 unspecified atom stereocenters. The Labute approximate surface area is 124 Å². The predicted molar refractivity (Wildman–Crippen MR) is 76.5 cm³/mol. The first kappa shape index (κ1) is 17.7. The zero-order valence-electron chi connectivity index (χ0n) is 12.0. The van der Waals surface area contributed by atoms with Crippen molar-refractivity contribution >= 4 is 22.0 Å². The van der Waals surface area contributed by atoms with Crippen molar-refractivity contribution in [3.8, 4) is 0 Å². The molecule has 1 saturated heterocycles. The fraction of sp³-hybridized carbons (Fsp3) is 0.818. The lowest BCUT2D eigenvalue weighted by Gasteiger charge is -2.33. The lowest BCUT2D eigenvalue weighted by atomic mass is 10.3. The molecular formula is C11H22N4O5S. The number of amides is 2. The van der Waals surface area contributed by atoms with Crippen LogP contribution in [0.2, 0.25) is 0 Å². The number of piperazine rings is 1. The number of sulfonamides is 1. The molecule has 1 fully saturated rings.